The zero-order chi connectivity index (χ0) is 88.9. The molecule has 650 valence electrons. The molecule has 0 fully saturated rings. The van der Waals surface area contributed by atoms with E-state index >= 15 is 0 Å². The van der Waals surface area contributed by atoms with Crippen molar-refractivity contribution in [3.05, 3.63) is 198 Å². The van der Waals surface area contributed by atoms with Crippen molar-refractivity contribution in [2.75, 3.05) is 50.3 Å². The summed E-state index contributed by atoms with van der Waals surface area (Å²) in [4.78, 5) is 186. The van der Waals surface area contributed by atoms with Gasteiger partial charge in [-0.05, 0) is 146 Å². The number of alkyl carbamates (subject to hydrolysis) is 2. The van der Waals surface area contributed by atoms with Crippen LogP contribution in [0.5, 0.6) is 11.5 Å². The van der Waals surface area contributed by atoms with Crippen LogP contribution in [0.2, 0.25) is 0 Å². The lowest BCUT2D eigenvalue weighted by Gasteiger charge is -2.35. The molecule has 0 saturated carbocycles. The van der Waals surface area contributed by atoms with Crippen LogP contribution in [0.1, 0.15) is 138 Å². The van der Waals surface area contributed by atoms with Gasteiger partial charge < -0.3 is 79.7 Å². The van der Waals surface area contributed by atoms with Crippen molar-refractivity contribution >= 4 is 98.6 Å². The van der Waals surface area contributed by atoms with Gasteiger partial charge in [0.1, 0.15) is 73.5 Å². The second-order valence-corrected chi connectivity index (χ2v) is 31.6. The number of carbonyl (C=O) groups excluding carboxylic acids is 11. The quantitative estimate of drug-likeness (QED) is 0.00946. The van der Waals surface area contributed by atoms with Crippen molar-refractivity contribution in [3.8, 4) is 34.3 Å². The third-order valence-electron chi connectivity index (χ3n) is 22.8. The molecule has 4 aromatic carbocycles. The van der Waals surface area contributed by atoms with Crippen LogP contribution in [-0.4, -0.2) is 168 Å². The molecule has 6 atom stereocenters. The number of amides is 10. The van der Waals surface area contributed by atoms with E-state index in [0.717, 1.165) is 50.1 Å². The normalized spacial score (nSPS) is 16.8. The van der Waals surface area contributed by atoms with E-state index in [9.17, 15) is 72.5 Å². The Balaban J connectivity index is 0.532. The van der Waals surface area contributed by atoms with E-state index in [2.05, 4.69) is 49.1 Å². The van der Waals surface area contributed by atoms with Gasteiger partial charge in [0.2, 0.25) is 35.4 Å². The van der Waals surface area contributed by atoms with Gasteiger partial charge in [-0.1, -0.05) is 86.2 Å². The summed E-state index contributed by atoms with van der Waals surface area (Å²) in [6, 6.07) is 22.2. The highest BCUT2D eigenvalue weighted by atomic mass is 16.6. The Morgan fingerprint density at radius 1 is 0.532 bits per heavy atom. The minimum absolute atomic E-state index is 0.00724. The van der Waals surface area contributed by atoms with Crippen LogP contribution >= 0.6 is 0 Å². The topological polar surface area (TPSA) is 456 Å². The molecule has 10 amide bonds. The molecule has 0 saturated heterocycles. The van der Waals surface area contributed by atoms with Crippen molar-refractivity contribution < 1.29 is 91.4 Å². The minimum atomic E-state index is -1.96. The highest BCUT2D eigenvalue weighted by molar-refractivity contribution is 6.13. The first-order valence-corrected chi connectivity index (χ1v) is 40.9. The van der Waals surface area contributed by atoms with Crippen molar-refractivity contribution in [3.63, 3.8) is 0 Å². The van der Waals surface area contributed by atoms with Crippen LogP contribution in [0.3, 0.4) is 0 Å². The fourth-order valence-corrected chi connectivity index (χ4v) is 15.8. The largest absolute Gasteiger partial charge is 0.490 e. The van der Waals surface area contributed by atoms with Gasteiger partial charge in [0.25, 0.3) is 22.9 Å². The zero-order valence-corrected chi connectivity index (χ0v) is 70.2. The average molecular weight is 1700 g/mol. The molecule has 0 radical (unpaired) electrons. The number of esters is 1. The number of aryl methyl sites for hydroxylation is 2. The summed E-state index contributed by atoms with van der Waals surface area (Å²) in [7, 11) is 0. The minimum Gasteiger partial charge on any atom is -0.490 e. The van der Waals surface area contributed by atoms with E-state index in [4.69, 9.17) is 38.4 Å². The second-order valence-electron chi connectivity index (χ2n) is 31.6. The SMILES string of the molecule is C=C1OCc2c(cc3n(c2=O)Cc2c-3nc3ccc(OCNC(=O)OCc4ccc(NC(=O)[C@H](C)NC(=O)[C@@H](NC(=O)CN(CCN5C(=O)C=CC5=O)CC(=O)N[C@H](C(=O)N[C@@H](C)C(=O)Nc5ccc(COC(=O)NCOc6ccc7nc8c(c(CC)c7c6)Cn6c-8cc7c(c6=O)COC(=O)[C@]7(O)CC)cc5)C(C)C)C(C)C)cc4)cc3c2CC)[C@@]1(O)CC. The van der Waals surface area contributed by atoms with Gasteiger partial charge in [-0.25, -0.2) is 24.4 Å². The Hall–Kier alpha value is -13.7. The molecular formula is C89H98N14O21. The average Bonchev–Trinajstić information content (AvgIpc) is 1.54. The number of nitrogens with zero attached hydrogens (tertiary/aromatic N) is 6. The number of cyclic esters (lactones) is 1. The zero-order valence-electron chi connectivity index (χ0n) is 70.2. The van der Waals surface area contributed by atoms with Crippen molar-refractivity contribution in [2.45, 2.75) is 170 Å². The predicted octanol–water partition coefficient (Wildman–Crippen LogP) is 6.21. The lowest BCUT2D eigenvalue weighted by molar-refractivity contribution is -0.172. The van der Waals surface area contributed by atoms with Crippen LogP contribution in [-0.2, 0) is 126 Å². The number of benzene rings is 4. The summed E-state index contributed by atoms with van der Waals surface area (Å²) in [6.45, 7) is 18.9. The molecule has 0 aliphatic carbocycles. The van der Waals surface area contributed by atoms with Crippen LogP contribution in [0, 0.1) is 11.8 Å². The first kappa shape index (κ1) is 88.1. The van der Waals surface area contributed by atoms with Gasteiger partial charge >= 0.3 is 18.2 Å². The maximum Gasteiger partial charge on any atom is 0.410 e. The molecule has 5 aliphatic rings. The smallest absolute Gasteiger partial charge is 0.410 e. The monoisotopic (exact) mass is 1700 g/mol. The number of hydrogen-bond donors (Lipinski definition) is 10. The number of fused-ring (bicyclic) bond motifs is 10. The van der Waals surface area contributed by atoms with Crippen molar-refractivity contribution in [1.82, 2.24) is 60.8 Å². The summed E-state index contributed by atoms with van der Waals surface area (Å²) in [5, 5.41) is 45.7. The Kier molecular flexibility index (Phi) is 26.3. The van der Waals surface area contributed by atoms with Crippen molar-refractivity contribution in [2.24, 2.45) is 11.8 Å². The number of carbonyl (C=O) groups is 11. The fraction of sp³-hybridized carbons (Fsp3) is 0.382. The summed E-state index contributed by atoms with van der Waals surface area (Å²) in [5.41, 5.74) is 6.25. The molecule has 35 nitrogen and oxygen atoms in total. The Bertz CT molecular complexity index is 5480. The van der Waals surface area contributed by atoms with Crippen LogP contribution in [0.4, 0.5) is 21.0 Å². The lowest BCUT2D eigenvalue weighted by Crippen LogP contribution is -2.57. The molecule has 4 aromatic heterocycles. The third kappa shape index (κ3) is 18.4. The Morgan fingerprint density at radius 2 is 0.952 bits per heavy atom. The number of anilines is 2. The van der Waals surface area contributed by atoms with Gasteiger partial charge in [-0.15, -0.1) is 0 Å². The van der Waals surface area contributed by atoms with E-state index < -0.39 is 126 Å². The number of imide groups is 1. The number of nitrogens with one attached hydrogen (secondary N) is 8. The van der Waals surface area contributed by atoms with Crippen molar-refractivity contribution in [1.29, 1.82) is 0 Å². The maximum absolute atomic E-state index is 13.9. The summed E-state index contributed by atoms with van der Waals surface area (Å²) >= 11 is 0. The molecule has 5 aliphatic heterocycles. The fourth-order valence-electron chi connectivity index (χ4n) is 15.8. The molecule has 0 unspecified atom stereocenters. The summed E-state index contributed by atoms with van der Waals surface area (Å²) in [5.74, 6) is -6.20. The second kappa shape index (κ2) is 37.0. The number of pyridine rings is 4. The first-order chi connectivity index (χ1) is 59.2. The predicted molar refractivity (Wildman–Crippen MR) is 451 cm³/mol. The van der Waals surface area contributed by atoms with Crippen LogP contribution in [0.15, 0.2) is 131 Å². The van der Waals surface area contributed by atoms with Gasteiger partial charge in [-0.3, -0.25) is 68.4 Å². The lowest BCUT2D eigenvalue weighted by atomic mass is 9.84. The van der Waals surface area contributed by atoms with Gasteiger partial charge in [0.15, 0.2) is 19.1 Å². The van der Waals surface area contributed by atoms with Gasteiger partial charge in [-0.2, -0.15) is 0 Å². The molecular weight excluding hydrogens is 1600 g/mol. The highest BCUT2D eigenvalue weighted by Crippen LogP contribution is 2.45. The van der Waals surface area contributed by atoms with E-state index in [-0.39, 0.29) is 107 Å². The molecule has 0 spiro atoms. The molecule has 9 heterocycles. The molecule has 124 heavy (non-hydrogen) atoms. The number of rotatable bonds is 33. The van der Waals surface area contributed by atoms with Crippen LogP contribution < -0.4 is 63.1 Å². The number of aromatic nitrogens is 4. The van der Waals surface area contributed by atoms with E-state index in [0.29, 0.717) is 91.8 Å². The number of aliphatic hydroxyl groups is 2. The number of hydrogen-bond acceptors (Lipinski definition) is 24. The van der Waals surface area contributed by atoms with E-state index in [1.165, 1.54) is 18.7 Å². The molecule has 0 bridgehead atoms. The molecule has 13 rings (SSSR count). The van der Waals surface area contributed by atoms with Gasteiger partial charge in [0, 0.05) is 69.6 Å². The van der Waals surface area contributed by atoms with Gasteiger partial charge in [0.05, 0.1) is 71.1 Å². The Morgan fingerprint density at radius 3 is 1.36 bits per heavy atom. The highest BCUT2D eigenvalue weighted by Gasteiger charge is 2.47. The van der Waals surface area contributed by atoms with E-state index in [1.54, 1.807) is 136 Å². The Labute approximate surface area is 711 Å². The third-order valence-corrected chi connectivity index (χ3v) is 22.8. The molecule has 8 aromatic rings. The number of ether oxygens (including phenoxy) is 6. The summed E-state index contributed by atoms with van der Waals surface area (Å²) < 4.78 is 36.8. The standard InChI is InChI=1S/C89H98N14O21/c1-12-57-59-32-55(24-26-67(59)96-77-61(57)36-102-69(77)34-65-63(83(102)112)42-119-50(11)88(65,117)14-3)123-44-90-86(115)121-40-51-16-20-53(21-17-51)94-79(108)48(9)92-81(110)75(46(5)6)98-71(104)38-100(30-31-101-73(106)28-29-74(101)107)39-72(105)99-76(47(7)8)82(111)93-49(10)80(109)95-54-22-18-52(19-23-54)41-122-87(116)91-45-124-56-25-27-68-60(33-56)58(13-2)62-37-103-70(78(62)97-68)35-66-64(84(103)113)43-120-85(114)89(66,118)15-4/h16-29,32-35,46-49,75-76,117-118H,11-15,30-31,36-45H2,1-10H3,(H,90,115)(H,91,116)(H,92,110)(H,93,111)(H,94,108)(H,95,109)(H,98,104)(H,99,105)/t48-,49-,75-,76-,88+,89-/m0/s1. The first-order valence-electron chi connectivity index (χ1n) is 40.9. The van der Waals surface area contributed by atoms with E-state index in [1.807, 2.05) is 26.0 Å². The molecule has 10 N–H and O–H groups in total. The summed E-state index contributed by atoms with van der Waals surface area (Å²) in [6.07, 6.45) is 2.08. The molecule has 35 heteroatoms. The van der Waals surface area contributed by atoms with Crippen LogP contribution in [0.25, 0.3) is 44.6 Å². The maximum atomic E-state index is 13.9.